The Kier molecular flexibility index (Phi) is 1.35. The first-order valence-electron chi connectivity index (χ1n) is 21.8. The van der Waals surface area contributed by atoms with Crippen molar-refractivity contribution in [2.24, 2.45) is 0 Å². The van der Waals surface area contributed by atoms with Crippen molar-refractivity contribution in [3.63, 3.8) is 0 Å². The topological polar surface area (TPSA) is 51.2 Å². The molecule has 0 spiro atoms. The van der Waals surface area contributed by atoms with E-state index in [1.165, 1.54) is 0 Å². The fourth-order valence-corrected chi connectivity index (χ4v) is 1.61. The van der Waals surface area contributed by atoms with Crippen LogP contribution in [0.5, 0.6) is 11.5 Å². The molecule has 0 radical (unpaired) electrons. The molecular formula is C20H31NO4. The molecule has 1 heterocycles. The number of likely N-dealkylation sites (tertiary alicyclic amines) is 1. The molecule has 2 fully saturated rings. The van der Waals surface area contributed by atoms with Gasteiger partial charge in [-0.2, -0.15) is 0 Å². The fourth-order valence-electron chi connectivity index (χ4n) is 1.61. The van der Waals surface area contributed by atoms with Crippen LogP contribution in [0.15, 0.2) is 18.1 Å². The van der Waals surface area contributed by atoms with Gasteiger partial charge in [-0.25, -0.2) is 0 Å². The van der Waals surface area contributed by atoms with Gasteiger partial charge in [0.05, 0.1) is 50.6 Å². The van der Waals surface area contributed by atoms with E-state index >= 15 is 0 Å². The predicted molar refractivity (Wildman–Crippen MR) is 97.4 cm³/mol. The molecule has 25 heavy (non-hydrogen) atoms. The Morgan fingerprint density at radius 3 is 3.08 bits per heavy atom. The van der Waals surface area contributed by atoms with Gasteiger partial charge in [-0.1, -0.05) is 18.8 Å². The van der Waals surface area contributed by atoms with E-state index in [-0.39, 0.29) is 0 Å². The summed E-state index contributed by atoms with van der Waals surface area (Å²) in [4.78, 5) is -1.17. The number of hydrogen-bond donors (Lipinski definition) is 1. The lowest BCUT2D eigenvalue weighted by Crippen LogP contribution is -2.46. The van der Waals surface area contributed by atoms with E-state index in [4.69, 9.17) is 45.9 Å². The van der Waals surface area contributed by atoms with Crippen molar-refractivity contribution in [1.29, 1.82) is 1.43 Å². The van der Waals surface area contributed by atoms with Gasteiger partial charge in [0.1, 0.15) is 0 Å². The largest absolute Gasteiger partial charge is 0.493 e. The SMILES string of the molecule is [2H]O[C@@]1([2H])C([2H])([2H])N([C@]2([2H])C([2H])([2H])C([2H])([2H])C([2H])([2H])C([2H])([2H])[C@@]2([2H])OC([2H])([2H])C([2H])([2H])c2c([2H])c([2H])c(OC([2H])([2H])[2H])c(OC([2H])([2H])[2H])c2[2H])C([2H])([2H])C1([2H])[2H]. The number of β-amino-alcohol motifs (C(OH)–C–C–N with tert-alkyl or cyclic N) is 1. The molecule has 1 N–H and O–H groups in total. The van der Waals surface area contributed by atoms with Crippen molar-refractivity contribution in [2.45, 2.75) is 56.4 Å². The summed E-state index contributed by atoms with van der Waals surface area (Å²) in [6, 6.07) is -10.3. The summed E-state index contributed by atoms with van der Waals surface area (Å²) in [5, 5.41) is 3.87. The molecule has 0 unspecified atom stereocenters. The maximum Gasteiger partial charge on any atom is 0.211 e. The second-order valence-electron chi connectivity index (χ2n) is 4.13. The minimum Gasteiger partial charge on any atom is -0.493 e. The highest BCUT2D eigenvalue weighted by atomic mass is 16.5. The van der Waals surface area contributed by atoms with Crippen LogP contribution in [0.1, 0.15) is 78.6 Å². The van der Waals surface area contributed by atoms with E-state index in [0.29, 0.717) is 0 Å². The number of hydrogen-bond acceptors (Lipinski definition) is 5. The van der Waals surface area contributed by atoms with Crippen molar-refractivity contribution in [3.05, 3.63) is 23.7 Å². The minimum absolute atomic E-state index is 1.17. The third-order valence-corrected chi connectivity index (χ3v) is 2.63. The van der Waals surface area contributed by atoms with Gasteiger partial charge in [-0.15, -0.1) is 0 Å². The molecule has 3 atom stereocenters. The standard InChI is InChI=1S/C20H31NO4/c1-23-19-8-7-15(13-20(19)24-2)10-12-25-18-6-4-3-5-17(18)21-11-9-16(22)14-21/h7-8,13,16-18,22H,3-6,9-12,14H2,1-2H3/t16-,17-,18-/m1/s1/i1D3,2D3,3D2,4D2,5D2,6D2,7D,8D,9D2,10D2,11D2,12D2,13D,14D2,16D,17D,18D,22D. The van der Waals surface area contributed by atoms with Gasteiger partial charge in [0, 0.05) is 42.3 Å². The zero-order valence-electron chi connectivity index (χ0n) is 43.1. The zero-order valence-corrected chi connectivity index (χ0v) is 12.1. The van der Waals surface area contributed by atoms with Crippen LogP contribution < -0.4 is 9.47 Å². The maximum absolute atomic E-state index is 9.25. The maximum atomic E-state index is 9.25. The van der Waals surface area contributed by atoms with Gasteiger partial charge in [0.25, 0.3) is 0 Å². The Balaban J connectivity index is 2.58. The lowest BCUT2D eigenvalue weighted by molar-refractivity contribution is -0.0316. The summed E-state index contributed by atoms with van der Waals surface area (Å²) in [6.07, 6.45) is -37.2. The monoisotopic (exact) mass is 380 g/mol. The van der Waals surface area contributed by atoms with Crippen LogP contribution >= 0.6 is 0 Å². The van der Waals surface area contributed by atoms with Crippen LogP contribution in [0.4, 0.5) is 0 Å². The Morgan fingerprint density at radius 2 is 2.24 bits per heavy atom. The average molecular weight is 381 g/mol. The highest BCUT2D eigenvalue weighted by Crippen LogP contribution is 2.30. The molecule has 1 aromatic carbocycles. The van der Waals surface area contributed by atoms with Crippen LogP contribution in [0, 0.1) is 0 Å². The Hall–Kier alpha value is -1.30. The van der Waals surface area contributed by atoms with Crippen molar-refractivity contribution in [1.82, 2.24) is 4.90 Å². The third kappa shape index (κ3) is 4.66. The number of benzene rings is 1. The summed E-state index contributed by atoms with van der Waals surface area (Å²) in [7, 11) is -7.26. The third-order valence-electron chi connectivity index (χ3n) is 2.63. The second kappa shape index (κ2) is 8.88. The molecule has 0 amide bonds. The van der Waals surface area contributed by atoms with E-state index in [2.05, 4.69) is 14.6 Å². The second-order valence-corrected chi connectivity index (χ2v) is 4.13. The minimum atomic E-state index is -5.18. The molecule has 2 aliphatic rings. The molecule has 1 aromatic rings. The van der Waals surface area contributed by atoms with Crippen LogP contribution in [0.3, 0.4) is 0 Å². The number of nitrogens with zero attached hydrogens (tertiary/aromatic N) is 1. The Bertz CT molecular complexity index is 1740. The Morgan fingerprint density at radius 1 is 1.36 bits per heavy atom. The van der Waals surface area contributed by atoms with Crippen molar-refractivity contribution < 1.29 is 60.4 Å². The fraction of sp³-hybridized carbons (Fsp3) is 0.700. The van der Waals surface area contributed by atoms with Crippen molar-refractivity contribution in [2.75, 3.05) is 33.6 Å². The van der Waals surface area contributed by atoms with Gasteiger partial charge in [-0.05, 0) is 43.1 Å². The summed E-state index contributed by atoms with van der Waals surface area (Å²) in [5.41, 5.74) is -1.86. The van der Waals surface area contributed by atoms with Gasteiger partial charge in [-0.3, -0.25) is 4.90 Å². The molecule has 1 aliphatic carbocycles. The van der Waals surface area contributed by atoms with E-state index < -0.39 is 130 Å². The van der Waals surface area contributed by atoms with Crippen LogP contribution in [-0.4, -0.2) is 63.2 Å². The first-order valence-corrected chi connectivity index (χ1v) is 6.35. The number of methoxy groups -OCH3 is 2. The molecule has 5 nitrogen and oxygen atoms in total. The molecule has 1 saturated heterocycles. The summed E-state index contributed by atoms with van der Waals surface area (Å²) < 4.78 is 269. The van der Waals surface area contributed by atoms with E-state index in [1.807, 2.05) is 0 Å². The molecule has 0 aromatic heterocycles. The van der Waals surface area contributed by atoms with Gasteiger partial charge < -0.3 is 19.3 Å². The van der Waals surface area contributed by atoms with Crippen LogP contribution in [0.25, 0.3) is 0 Å². The molecule has 3 rings (SSSR count). The lowest BCUT2D eigenvalue weighted by atomic mass is 9.91. The molecular weight excluding hydrogens is 318 g/mol. The van der Waals surface area contributed by atoms with Crippen molar-refractivity contribution in [3.8, 4) is 11.5 Å². The van der Waals surface area contributed by atoms with Crippen LogP contribution in [-0.2, 0) is 11.1 Å². The lowest BCUT2D eigenvalue weighted by Gasteiger charge is -2.37. The molecule has 0 bridgehead atoms. The summed E-state index contributed by atoms with van der Waals surface area (Å²) >= 11 is 0. The zero-order chi connectivity index (χ0) is 44.9. The van der Waals surface area contributed by atoms with Gasteiger partial charge in [0.15, 0.2) is 11.5 Å². The smallest absolute Gasteiger partial charge is 0.211 e. The first-order chi connectivity index (χ1) is 24.2. The van der Waals surface area contributed by atoms with E-state index in [0.717, 1.165) is 0 Å². The average Bonchev–Trinajstić information content (AvgIpc) is 3.05. The summed E-state index contributed by atoms with van der Waals surface area (Å²) in [5.74, 6) is -3.15. The number of ether oxygens (including phenoxy) is 3. The normalized spacial score (nSPS) is 70.6. The van der Waals surface area contributed by atoms with Gasteiger partial charge >= 0.3 is 0 Å². The van der Waals surface area contributed by atoms with E-state index in [1.54, 1.807) is 0 Å². The molecule has 140 valence electrons. The number of rotatable bonds is 8. The van der Waals surface area contributed by atoms with Crippen molar-refractivity contribution >= 4 is 0 Å². The van der Waals surface area contributed by atoms with E-state index in [9.17, 15) is 1.37 Å². The predicted octanol–water partition coefficient (Wildman–Crippen LogP) is 2.64. The highest BCUT2D eigenvalue weighted by molar-refractivity contribution is 5.42. The molecule has 1 saturated carbocycles. The Labute approximate surface area is 194 Å². The van der Waals surface area contributed by atoms with Crippen LogP contribution in [0.2, 0.25) is 0 Å². The highest BCUT2D eigenvalue weighted by Gasteiger charge is 2.34. The number of aliphatic hydroxyl groups is 1. The quantitative estimate of drug-likeness (QED) is 0.751. The molecule has 1 aliphatic heterocycles. The molecule has 5 heteroatoms. The van der Waals surface area contributed by atoms with Gasteiger partial charge in [0.2, 0.25) is 1.43 Å². The summed E-state index contributed by atoms with van der Waals surface area (Å²) in [6.45, 7) is -13.9. The first kappa shape index (κ1) is 3.80.